The number of carboxylic acid groups (broad SMARTS) is 1. The van der Waals surface area contributed by atoms with Crippen molar-refractivity contribution in [3.8, 4) is 0 Å². The number of rotatable bonds is 4. The summed E-state index contributed by atoms with van der Waals surface area (Å²) in [4.78, 5) is 10.1. The molecule has 0 saturated heterocycles. The summed E-state index contributed by atoms with van der Waals surface area (Å²) in [5.41, 5.74) is 0. The average Bonchev–Trinajstić information content (AvgIpc) is 1.83. The van der Waals surface area contributed by atoms with E-state index in [-0.39, 0.29) is 12.5 Å². The van der Waals surface area contributed by atoms with Crippen LogP contribution in [0.4, 0.5) is 0 Å². The summed E-state index contributed by atoms with van der Waals surface area (Å²) in [7, 11) is 0. The fraction of sp³-hybridized carbons (Fsp3) is 0.857. The average molecular weight is 159 g/mol. The molecule has 0 radical (unpaired) electrons. The minimum absolute atomic E-state index is 0.159. The van der Waals surface area contributed by atoms with Crippen molar-refractivity contribution in [2.45, 2.75) is 31.4 Å². The first-order valence-corrected chi connectivity index (χ1v) is 3.81. The second-order valence-electron chi connectivity index (χ2n) is 2.92. The van der Waals surface area contributed by atoms with E-state index in [0.29, 0.717) is 12.6 Å². The van der Waals surface area contributed by atoms with E-state index >= 15 is 0 Å². The molecule has 0 aliphatic heterocycles. The summed E-state index contributed by atoms with van der Waals surface area (Å²) in [5.74, 6) is -0.780. The van der Waals surface area contributed by atoms with Crippen LogP contribution in [-0.2, 0) is 4.79 Å². The highest BCUT2D eigenvalue weighted by Crippen LogP contribution is 2.18. The van der Waals surface area contributed by atoms with E-state index < -0.39 is 5.97 Å². The number of aliphatic hydroxyl groups excluding tert-OH is 1. The molecule has 1 rings (SSSR count). The van der Waals surface area contributed by atoms with Crippen molar-refractivity contribution in [1.82, 2.24) is 5.32 Å². The van der Waals surface area contributed by atoms with Crippen LogP contribution in [0, 0.1) is 0 Å². The lowest BCUT2D eigenvalue weighted by atomic mass is 9.89. The number of carboxylic acids is 1. The van der Waals surface area contributed by atoms with Gasteiger partial charge in [0.05, 0.1) is 12.5 Å². The van der Waals surface area contributed by atoms with Gasteiger partial charge in [0.2, 0.25) is 0 Å². The summed E-state index contributed by atoms with van der Waals surface area (Å²) in [6, 6.07) is 0.337. The van der Waals surface area contributed by atoms with Gasteiger partial charge in [0.25, 0.3) is 0 Å². The zero-order chi connectivity index (χ0) is 8.27. The summed E-state index contributed by atoms with van der Waals surface area (Å²) in [6.07, 6.45) is 1.52. The van der Waals surface area contributed by atoms with Crippen molar-refractivity contribution in [2.75, 3.05) is 6.54 Å². The van der Waals surface area contributed by atoms with Gasteiger partial charge in [0.15, 0.2) is 0 Å². The smallest absolute Gasteiger partial charge is 0.304 e. The van der Waals surface area contributed by atoms with Crippen LogP contribution in [0.25, 0.3) is 0 Å². The minimum atomic E-state index is -0.780. The zero-order valence-electron chi connectivity index (χ0n) is 6.29. The van der Waals surface area contributed by atoms with E-state index in [2.05, 4.69) is 5.32 Å². The fourth-order valence-electron chi connectivity index (χ4n) is 1.14. The van der Waals surface area contributed by atoms with Crippen LogP contribution in [0.15, 0.2) is 0 Å². The molecule has 1 fully saturated rings. The molecule has 4 heteroatoms. The Bertz CT molecular complexity index is 143. The summed E-state index contributed by atoms with van der Waals surface area (Å²) in [6.45, 7) is 0.507. The summed E-state index contributed by atoms with van der Waals surface area (Å²) < 4.78 is 0. The molecule has 0 aromatic rings. The fourth-order valence-corrected chi connectivity index (χ4v) is 1.14. The molecule has 11 heavy (non-hydrogen) atoms. The molecule has 0 heterocycles. The number of carbonyl (C=O) groups is 1. The highest BCUT2D eigenvalue weighted by Gasteiger charge is 2.26. The Morgan fingerprint density at radius 1 is 1.55 bits per heavy atom. The number of hydrogen-bond acceptors (Lipinski definition) is 3. The van der Waals surface area contributed by atoms with Crippen molar-refractivity contribution < 1.29 is 15.0 Å². The lowest BCUT2D eigenvalue weighted by Gasteiger charge is -2.31. The third-order valence-electron chi connectivity index (χ3n) is 1.89. The minimum Gasteiger partial charge on any atom is -0.481 e. The van der Waals surface area contributed by atoms with Gasteiger partial charge < -0.3 is 15.5 Å². The standard InChI is InChI=1S/C7H13NO3/c9-6-3-5(4-6)8-2-1-7(10)11/h5-6,8-9H,1-4H2,(H,10,11). The maximum absolute atomic E-state index is 10.1. The van der Waals surface area contributed by atoms with Crippen molar-refractivity contribution in [1.29, 1.82) is 0 Å². The highest BCUT2D eigenvalue weighted by molar-refractivity contribution is 5.66. The van der Waals surface area contributed by atoms with Crippen LogP contribution >= 0.6 is 0 Å². The molecule has 0 unspecified atom stereocenters. The molecule has 0 spiro atoms. The topological polar surface area (TPSA) is 69.6 Å². The number of nitrogens with one attached hydrogen (secondary N) is 1. The molecule has 0 atom stereocenters. The second kappa shape index (κ2) is 3.69. The molecule has 3 N–H and O–H groups in total. The molecular weight excluding hydrogens is 146 g/mol. The van der Waals surface area contributed by atoms with Gasteiger partial charge in [-0.15, -0.1) is 0 Å². The van der Waals surface area contributed by atoms with Gasteiger partial charge in [-0.1, -0.05) is 0 Å². The molecule has 0 aromatic heterocycles. The van der Waals surface area contributed by atoms with Crippen LogP contribution in [0.2, 0.25) is 0 Å². The quantitative estimate of drug-likeness (QED) is 0.521. The first-order valence-electron chi connectivity index (χ1n) is 3.81. The van der Waals surface area contributed by atoms with Gasteiger partial charge in [-0.05, 0) is 12.8 Å². The van der Waals surface area contributed by atoms with E-state index in [0.717, 1.165) is 12.8 Å². The van der Waals surface area contributed by atoms with Crippen LogP contribution in [0.5, 0.6) is 0 Å². The van der Waals surface area contributed by atoms with Gasteiger partial charge in [-0.2, -0.15) is 0 Å². The molecule has 0 amide bonds. The molecule has 64 valence electrons. The van der Waals surface area contributed by atoms with E-state index in [1.807, 2.05) is 0 Å². The largest absolute Gasteiger partial charge is 0.481 e. The van der Waals surface area contributed by atoms with Crippen LogP contribution < -0.4 is 5.32 Å². The second-order valence-corrected chi connectivity index (χ2v) is 2.92. The molecular formula is C7H13NO3. The summed E-state index contributed by atoms with van der Waals surface area (Å²) >= 11 is 0. The van der Waals surface area contributed by atoms with Crippen molar-refractivity contribution >= 4 is 5.97 Å². The first-order chi connectivity index (χ1) is 5.18. The van der Waals surface area contributed by atoms with Gasteiger partial charge in [-0.3, -0.25) is 4.79 Å². The van der Waals surface area contributed by atoms with E-state index in [1.54, 1.807) is 0 Å². The van der Waals surface area contributed by atoms with Gasteiger partial charge in [0, 0.05) is 12.6 Å². The van der Waals surface area contributed by atoms with Gasteiger partial charge in [-0.25, -0.2) is 0 Å². The lowest BCUT2D eigenvalue weighted by Crippen LogP contribution is -2.44. The number of aliphatic carboxylic acids is 1. The first kappa shape index (κ1) is 8.49. The molecule has 4 nitrogen and oxygen atoms in total. The molecule has 0 bridgehead atoms. The maximum atomic E-state index is 10.1. The molecule has 1 saturated carbocycles. The monoisotopic (exact) mass is 159 g/mol. The lowest BCUT2D eigenvalue weighted by molar-refractivity contribution is -0.136. The van der Waals surface area contributed by atoms with Crippen molar-refractivity contribution in [2.24, 2.45) is 0 Å². The normalized spacial score (nSPS) is 29.5. The SMILES string of the molecule is O=C(O)CCNC1CC(O)C1. The Hall–Kier alpha value is -0.610. The van der Waals surface area contributed by atoms with E-state index in [9.17, 15) is 4.79 Å². The molecule has 0 aromatic carbocycles. The molecule has 1 aliphatic rings. The Morgan fingerprint density at radius 3 is 2.64 bits per heavy atom. The highest BCUT2D eigenvalue weighted by atomic mass is 16.4. The Labute approximate surface area is 65.2 Å². The maximum Gasteiger partial charge on any atom is 0.304 e. The Kier molecular flexibility index (Phi) is 2.84. The molecule has 1 aliphatic carbocycles. The third kappa shape index (κ3) is 2.86. The van der Waals surface area contributed by atoms with Crippen molar-refractivity contribution in [3.63, 3.8) is 0 Å². The van der Waals surface area contributed by atoms with Crippen LogP contribution in [0.1, 0.15) is 19.3 Å². The van der Waals surface area contributed by atoms with E-state index in [1.165, 1.54) is 0 Å². The number of aliphatic hydroxyl groups is 1. The zero-order valence-corrected chi connectivity index (χ0v) is 6.29. The summed E-state index contributed by atoms with van der Waals surface area (Å²) in [5, 5.41) is 20.2. The predicted octanol–water partition coefficient (Wildman–Crippen LogP) is -0.426. The van der Waals surface area contributed by atoms with Gasteiger partial charge >= 0.3 is 5.97 Å². The van der Waals surface area contributed by atoms with Crippen molar-refractivity contribution in [3.05, 3.63) is 0 Å². The Balaban J connectivity index is 1.92. The van der Waals surface area contributed by atoms with Crippen LogP contribution in [-0.4, -0.2) is 34.9 Å². The third-order valence-corrected chi connectivity index (χ3v) is 1.89. The number of hydrogen-bond donors (Lipinski definition) is 3. The van der Waals surface area contributed by atoms with Gasteiger partial charge in [0.1, 0.15) is 0 Å². The van der Waals surface area contributed by atoms with E-state index in [4.69, 9.17) is 10.2 Å². The Morgan fingerprint density at radius 2 is 2.18 bits per heavy atom. The van der Waals surface area contributed by atoms with Crippen LogP contribution in [0.3, 0.4) is 0 Å². The predicted molar refractivity (Wildman–Crippen MR) is 39.3 cm³/mol.